The molecule has 0 aliphatic carbocycles. The molecule has 0 saturated carbocycles. The second-order valence-corrected chi connectivity index (χ2v) is 7.97. The third kappa shape index (κ3) is 4.74. The summed E-state index contributed by atoms with van der Waals surface area (Å²) in [6, 6.07) is 9.67. The summed E-state index contributed by atoms with van der Waals surface area (Å²) in [5.41, 5.74) is 3.55. The number of carbonyl (C=O) groups is 2. The van der Waals surface area contributed by atoms with Gasteiger partial charge in [0.15, 0.2) is 5.13 Å². The number of aryl methyl sites for hydroxylation is 1. The van der Waals surface area contributed by atoms with E-state index in [-0.39, 0.29) is 12.5 Å². The van der Waals surface area contributed by atoms with E-state index < -0.39 is 5.97 Å². The zero-order valence-electron chi connectivity index (χ0n) is 15.8. The second kappa shape index (κ2) is 8.95. The molecule has 0 aliphatic rings. The van der Waals surface area contributed by atoms with Crippen molar-refractivity contribution in [3.8, 4) is 0 Å². The van der Waals surface area contributed by atoms with Crippen LogP contribution in [0.1, 0.15) is 28.6 Å². The lowest BCUT2D eigenvalue weighted by atomic mass is 10.1. The molecule has 5 nitrogen and oxygen atoms in total. The fourth-order valence-electron chi connectivity index (χ4n) is 2.58. The minimum Gasteiger partial charge on any atom is -0.456 e. The standard InChI is InChI=1S/C21H20N2O3S2/c1-14-6-4-8-19(15(14)2)23(16(3)24)21-22-17(13-28-21)12-26-20(25)10-9-18-7-5-11-27-18/h4-11,13H,12H2,1-3H3/b10-9+. The van der Waals surface area contributed by atoms with Crippen LogP contribution in [0.25, 0.3) is 6.08 Å². The molecule has 0 aliphatic heterocycles. The Hall–Kier alpha value is -2.77. The summed E-state index contributed by atoms with van der Waals surface area (Å²) >= 11 is 2.89. The number of rotatable bonds is 6. The average molecular weight is 413 g/mol. The molecule has 0 bridgehead atoms. The van der Waals surface area contributed by atoms with Gasteiger partial charge in [0.25, 0.3) is 0 Å². The van der Waals surface area contributed by atoms with E-state index in [1.54, 1.807) is 27.7 Å². The predicted molar refractivity (Wildman–Crippen MR) is 114 cm³/mol. The van der Waals surface area contributed by atoms with Gasteiger partial charge in [-0.3, -0.25) is 9.69 Å². The molecule has 144 valence electrons. The number of nitrogens with zero attached hydrogens (tertiary/aromatic N) is 2. The van der Waals surface area contributed by atoms with E-state index in [2.05, 4.69) is 4.98 Å². The van der Waals surface area contributed by atoms with Crippen molar-refractivity contribution < 1.29 is 14.3 Å². The number of benzene rings is 1. The number of hydrogen-bond acceptors (Lipinski definition) is 6. The lowest BCUT2D eigenvalue weighted by Crippen LogP contribution is -2.23. The van der Waals surface area contributed by atoms with Crippen LogP contribution in [0.15, 0.2) is 47.2 Å². The normalized spacial score (nSPS) is 11.0. The minimum absolute atomic E-state index is 0.0582. The fourth-order valence-corrected chi connectivity index (χ4v) is 4.06. The summed E-state index contributed by atoms with van der Waals surface area (Å²) in [7, 11) is 0. The van der Waals surface area contributed by atoms with E-state index >= 15 is 0 Å². The topological polar surface area (TPSA) is 59.5 Å². The molecule has 1 aromatic carbocycles. The van der Waals surface area contributed by atoms with Gasteiger partial charge in [-0.25, -0.2) is 9.78 Å². The lowest BCUT2D eigenvalue weighted by Gasteiger charge is -2.21. The average Bonchev–Trinajstić information content (AvgIpc) is 3.34. The Morgan fingerprint density at radius 3 is 2.71 bits per heavy atom. The molecule has 0 spiro atoms. The van der Waals surface area contributed by atoms with Gasteiger partial charge in [-0.05, 0) is 48.6 Å². The Bertz CT molecular complexity index is 1010. The Balaban J connectivity index is 1.70. The van der Waals surface area contributed by atoms with Crippen molar-refractivity contribution in [3.63, 3.8) is 0 Å². The van der Waals surface area contributed by atoms with Crippen LogP contribution in [-0.2, 0) is 20.9 Å². The van der Waals surface area contributed by atoms with Gasteiger partial charge < -0.3 is 4.74 Å². The highest BCUT2D eigenvalue weighted by Gasteiger charge is 2.20. The highest BCUT2D eigenvalue weighted by atomic mass is 32.1. The smallest absolute Gasteiger partial charge is 0.331 e. The van der Waals surface area contributed by atoms with Crippen molar-refractivity contribution >= 4 is 51.4 Å². The van der Waals surface area contributed by atoms with Gasteiger partial charge in [0.2, 0.25) is 5.91 Å². The van der Waals surface area contributed by atoms with Crippen LogP contribution in [-0.4, -0.2) is 16.9 Å². The number of hydrogen-bond donors (Lipinski definition) is 0. The minimum atomic E-state index is -0.430. The molecule has 0 N–H and O–H groups in total. The van der Waals surface area contributed by atoms with E-state index in [9.17, 15) is 9.59 Å². The van der Waals surface area contributed by atoms with Crippen LogP contribution in [0, 0.1) is 13.8 Å². The van der Waals surface area contributed by atoms with E-state index in [1.165, 1.54) is 24.3 Å². The monoisotopic (exact) mass is 412 g/mol. The van der Waals surface area contributed by atoms with Crippen LogP contribution in [0.5, 0.6) is 0 Å². The number of ether oxygens (including phenoxy) is 1. The molecule has 28 heavy (non-hydrogen) atoms. The van der Waals surface area contributed by atoms with Gasteiger partial charge in [0.05, 0.1) is 11.4 Å². The van der Waals surface area contributed by atoms with E-state index in [4.69, 9.17) is 4.74 Å². The SMILES string of the molecule is CC(=O)N(c1nc(COC(=O)/C=C/c2cccs2)cs1)c1cccc(C)c1C. The predicted octanol–water partition coefficient (Wildman–Crippen LogP) is 5.26. The molecule has 2 aromatic heterocycles. The second-order valence-electron chi connectivity index (χ2n) is 6.15. The van der Waals surface area contributed by atoms with Crippen LogP contribution in [0.4, 0.5) is 10.8 Å². The molecule has 3 aromatic rings. The largest absolute Gasteiger partial charge is 0.456 e. The molecule has 0 unspecified atom stereocenters. The molecule has 0 atom stereocenters. The summed E-state index contributed by atoms with van der Waals surface area (Å²) in [5.74, 6) is -0.550. The number of thiophene rings is 1. The molecule has 3 rings (SSSR count). The Labute approximate surface area is 171 Å². The van der Waals surface area contributed by atoms with E-state index in [0.717, 1.165) is 21.7 Å². The molecule has 0 saturated heterocycles. The number of esters is 1. The number of anilines is 2. The number of thiazole rings is 1. The first-order valence-electron chi connectivity index (χ1n) is 8.65. The van der Waals surface area contributed by atoms with Crippen LogP contribution in [0.3, 0.4) is 0 Å². The van der Waals surface area contributed by atoms with Gasteiger partial charge in [0, 0.05) is 23.3 Å². The quantitative estimate of drug-likeness (QED) is 0.409. The zero-order chi connectivity index (χ0) is 20.1. The molecular formula is C21H20N2O3S2. The number of aromatic nitrogens is 1. The molecule has 7 heteroatoms. The van der Waals surface area contributed by atoms with Crippen LogP contribution in [0.2, 0.25) is 0 Å². The van der Waals surface area contributed by atoms with Crippen molar-refractivity contribution in [3.05, 3.63) is 68.9 Å². The molecular weight excluding hydrogens is 392 g/mol. The maximum Gasteiger partial charge on any atom is 0.331 e. The van der Waals surface area contributed by atoms with Gasteiger partial charge in [0.1, 0.15) is 6.61 Å². The summed E-state index contributed by atoms with van der Waals surface area (Å²) in [4.78, 5) is 31.2. The molecule has 1 amide bonds. The molecule has 2 heterocycles. The van der Waals surface area contributed by atoms with Gasteiger partial charge in [-0.15, -0.1) is 22.7 Å². The Morgan fingerprint density at radius 2 is 2.00 bits per heavy atom. The van der Waals surface area contributed by atoms with Crippen molar-refractivity contribution in [1.29, 1.82) is 0 Å². The fraction of sp³-hybridized carbons (Fsp3) is 0.190. The highest BCUT2D eigenvalue weighted by Crippen LogP contribution is 2.32. The van der Waals surface area contributed by atoms with Crippen molar-refractivity contribution in [2.24, 2.45) is 0 Å². The third-order valence-corrected chi connectivity index (χ3v) is 5.86. The number of amides is 1. The van der Waals surface area contributed by atoms with E-state index in [1.807, 2.05) is 49.6 Å². The van der Waals surface area contributed by atoms with Crippen LogP contribution < -0.4 is 4.90 Å². The van der Waals surface area contributed by atoms with Crippen molar-refractivity contribution in [2.75, 3.05) is 4.90 Å². The third-order valence-electron chi connectivity index (χ3n) is 4.15. The summed E-state index contributed by atoms with van der Waals surface area (Å²) < 4.78 is 5.25. The van der Waals surface area contributed by atoms with Crippen molar-refractivity contribution in [1.82, 2.24) is 4.98 Å². The summed E-state index contributed by atoms with van der Waals surface area (Å²) in [5, 5.41) is 4.30. The summed E-state index contributed by atoms with van der Waals surface area (Å²) in [6.07, 6.45) is 3.12. The first-order valence-corrected chi connectivity index (χ1v) is 10.4. The lowest BCUT2D eigenvalue weighted by molar-refractivity contribution is -0.139. The van der Waals surface area contributed by atoms with Crippen LogP contribution >= 0.6 is 22.7 Å². The first-order chi connectivity index (χ1) is 13.5. The Kier molecular flexibility index (Phi) is 6.38. The van der Waals surface area contributed by atoms with E-state index in [0.29, 0.717) is 10.8 Å². The molecule has 0 radical (unpaired) electrons. The first kappa shape index (κ1) is 20.0. The highest BCUT2D eigenvalue weighted by molar-refractivity contribution is 7.14. The van der Waals surface area contributed by atoms with Crippen molar-refractivity contribution in [2.45, 2.75) is 27.4 Å². The maximum absolute atomic E-state index is 12.3. The van der Waals surface area contributed by atoms with Gasteiger partial charge in [-0.1, -0.05) is 18.2 Å². The molecule has 0 fully saturated rings. The van der Waals surface area contributed by atoms with Gasteiger partial charge >= 0.3 is 5.97 Å². The van der Waals surface area contributed by atoms with Gasteiger partial charge in [-0.2, -0.15) is 0 Å². The number of carbonyl (C=O) groups excluding carboxylic acids is 2. The zero-order valence-corrected chi connectivity index (χ0v) is 17.5. The summed E-state index contributed by atoms with van der Waals surface area (Å²) in [6.45, 7) is 5.56. The Morgan fingerprint density at radius 1 is 1.18 bits per heavy atom. The maximum atomic E-state index is 12.3.